The highest BCUT2D eigenvalue weighted by Crippen LogP contribution is 2.69. The van der Waals surface area contributed by atoms with Crippen molar-refractivity contribution in [2.75, 3.05) is 0 Å². The van der Waals surface area contributed by atoms with Crippen LogP contribution in [0.5, 0.6) is 0 Å². The highest BCUT2D eigenvalue weighted by molar-refractivity contribution is 5.72. The number of rotatable bonds is 0. The molecule has 5 aliphatic rings. The van der Waals surface area contributed by atoms with Crippen LogP contribution in [0.3, 0.4) is 0 Å². The second-order valence-electron chi connectivity index (χ2n) is 10.1. The van der Waals surface area contributed by atoms with Crippen molar-refractivity contribution in [1.82, 2.24) is 0 Å². The van der Waals surface area contributed by atoms with E-state index in [-0.39, 0.29) is 23.1 Å². The van der Waals surface area contributed by atoms with Crippen LogP contribution in [0.4, 0.5) is 0 Å². The van der Waals surface area contributed by atoms with E-state index in [9.17, 15) is 9.90 Å². The largest absolute Gasteiger partial charge is 0.458 e. The number of aliphatic hydroxyl groups is 1. The Labute approximate surface area is 151 Å². The van der Waals surface area contributed by atoms with Crippen molar-refractivity contribution in [3.05, 3.63) is 11.6 Å². The van der Waals surface area contributed by atoms with Gasteiger partial charge in [0.25, 0.3) is 0 Å². The molecule has 1 spiro atoms. The lowest BCUT2D eigenvalue weighted by atomic mass is 9.47. The van der Waals surface area contributed by atoms with Crippen LogP contribution in [0.1, 0.15) is 78.1 Å². The molecule has 7 atom stereocenters. The molecular weight excluding hydrogens is 312 g/mol. The van der Waals surface area contributed by atoms with Crippen LogP contribution in [0.2, 0.25) is 0 Å². The fourth-order valence-electron chi connectivity index (χ4n) is 7.94. The Morgan fingerprint density at radius 2 is 1.88 bits per heavy atom. The number of carbonyl (C=O) groups excluding carboxylic acids is 1. The van der Waals surface area contributed by atoms with Crippen molar-refractivity contribution in [2.45, 2.75) is 89.8 Å². The van der Waals surface area contributed by atoms with Crippen LogP contribution in [0.15, 0.2) is 11.6 Å². The summed E-state index contributed by atoms with van der Waals surface area (Å²) in [5, 5.41) is 10.1. The molecule has 4 fully saturated rings. The Morgan fingerprint density at radius 1 is 1.08 bits per heavy atom. The molecule has 3 nitrogen and oxygen atoms in total. The molecule has 1 saturated heterocycles. The Balaban J connectivity index is 1.49. The topological polar surface area (TPSA) is 46.5 Å². The highest BCUT2D eigenvalue weighted by atomic mass is 16.6. The maximum absolute atomic E-state index is 11.9. The first-order chi connectivity index (χ1) is 11.9. The van der Waals surface area contributed by atoms with Gasteiger partial charge in [-0.1, -0.05) is 25.5 Å². The van der Waals surface area contributed by atoms with Gasteiger partial charge in [-0.05, 0) is 81.0 Å². The number of aliphatic hydroxyl groups excluding tert-OH is 1. The highest BCUT2D eigenvalue weighted by Gasteiger charge is 2.66. The van der Waals surface area contributed by atoms with E-state index in [1.54, 1.807) is 0 Å². The maximum atomic E-state index is 11.9. The fraction of sp³-hybridized carbons (Fsp3) is 0.864. The first-order valence-electron chi connectivity index (χ1n) is 10.5. The minimum Gasteiger partial charge on any atom is -0.458 e. The van der Waals surface area contributed by atoms with Gasteiger partial charge in [0.15, 0.2) is 0 Å². The molecule has 1 aliphatic heterocycles. The first kappa shape index (κ1) is 16.4. The second kappa shape index (κ2) is 5.12. The molecule has 0 radical (unpaired) electrons. The van der Waals surface area contributed by atoms with Gasteiger partial charge in [-0.3, -0.25) is 4.79 Å². The molecule has 4 aliphatic carbocycles. The molecule has 0 aromatic rings. The number of hydrogen-bond donors (Lipinski definition) is 1. The quantitative estimate of drug-likeness (QED) is 0.524. The molecule has 5 rings (SSSR count). The molecule has 0 aromatic heterocycles. The van der Waals surface area contributed by atoms with Gasteiger partial charge in [-0.15, -0.1) is 0 Å². The summed E-state index contributed by atoms with van der Waals surface area (Å²) < 4.78 is 6.02. The zero-order chi connectivity index (χ0) is 17.4. The van der Waals surface area contributed by atoms with Crippen molar-refractivity contribution in [1.29, 1.82) is 0 Å². The van der Waals surface area contributed by atoms with E-state index in [1.165, 1.54) is 31.3 Å². The van der Waals surface area contributed by atoms with Gasteiger partial charge in [0.05, 0.1) is 6.10 Å². The number of ether oxygens (including phenoxy) is 1. The lowest BCUT2D eigenvalue weighted by Gasteiger charge is -2.59. The molecule has 138 valence electrons. The van der Waals surface area contributed by atoms with Crippen LogP contribution in [0, 0.1) is 28.6 Å². The van der Waals surface area contributed by atoms with Crippen molar-refractivity contribution < 1.29 is 14.6 Å². The molecule has 1 heterocycles. The summed E-state index contributed by atoms with van der Waals surface area (Å²) in [6.45, 7) is 4.91. The van der Waals surface area contributed by atoms with Crippen LogP contribution >= 0.6 is 0 Å². The summed E-state index contributed by atoms with van der Waals surface area (Å²) in [5.41, 5.74) is 1.85. The summed E-state index contributed by atoms with van der Waals surface area (Å²) in [6, 6.07) is 0. The summed E-state index contributed by atoms with van der Waals surface area (Å²) >= 11 is 0. The molecule has 0 aromatic carbocycles. The minimum atomic E-state index is -0.159. The Kier molecular flexibility index (Phi) is 3.35. The van der Waals surface area contributed by atoms with E-state index in [0.717, 1.165) is 43.9 Å². The van der Waals surface area contributed by atoms with Gasteiger partial charge in [-0.2, -0.15) is 0 Å². The Hall–Kier alpha value is -0.830. The molecule has 3 saturated carbocycles. The van der Waals surface area contributed by atoms with Crippen LogP contribution < -0.4 is 0 Å². The van der Waals surface area contributed by atoms with Crippen molar-refractivity contribution in [3.8, 4) is 0 Å². The van der Waals surface area contributed by atoms with Gasteiger partial charge in [-0.25, -0.2) is 0 Å². The Bertz CT molecular complexity index is 639. The normalized spacial score (nSPS) is 54.5. The van der Waals surface area contributed by atoms with E-state index < -0.39 is 0 Å². The molecule has 1 N–H and O–H groups in total. The molecule has 0 unspecified atom stereocenters. The SMILES string of the molecule is C[C@]12CC[C@@H](O)CC1=CC[C@H]1[C@H]2CC[C@@]2(C)[C@@H]1CC[C@]21CCC(=O)O1. The van der Waals surface area contributed by atoms with Crippen LogP contribution in [-0.4, -0.2) is 22.8 Å². The van der Waals surface area contributed by atoms with Gasteiger partial charge < -0.3 is 9.84 Å². The maximum Gasteiger partial charge on any atom is 0.306 e. The van der Waals surface area contributed by atoms with Crippen LogP contribution in [0.25, 0.3) is 0 Å². The molecule has 0 bridgehead atoms. The van der Waals surface area contributed by atoms with Crippen molar-refractivity contribution in [2.24, 2.45) is 28.6 Å². The van der Waals surface area contributed by atoms with E-state index >= 15 is 0 Å². The fourth-order valence-corrected chi connectivity index (χ4v) is 7.94. The summed E-state index contributed by atoms with van der Waals surface area (Å²) in [7, 11) is 0. The van der Waals surface area contributed by atoms with E-state index in [2.05, 4.69) is 19.9 Å². The summed E-state index contributed by atoms with van der Waals surface area (Å²) in [4.78, 5) is 11.9. The number of hydrogen-bond acceptors (Lipinski definition) is 3. The standard InChI is InChI=1S/C22H32O3/c1-20-9-5-15(23)13-14(20)3-4-16-17(20)6-10-21(2)18(16)7-11-22(21)12-8-19(24)25-22/h3,15-18,23H,4-13H2,1-2H3/t15-,16+,17-,18-,20+,21+,22+/m1/s1. The van der Waals surface area contributed by atoms with E-state index in [4.69, 9.17) is 4.74 Å². The predicted octanol–water partition coefficient (Wildman–Crippen LogP) is 4.39. The number of carbonyl (C=O) groups is 1. The van der Waals surface area contributed by atoms with Crippen molar-refractivity contribution in [3.63, 3.8) is 0 Å². The number of esters is 1. The molecule has 3 heteroatoms. The number of allylic oxidation sites excluding steroid dienone is 1. The minimum absolute atomic E-state index is 0.0306. The molecule has 25 heavy (non-hydrogen) atoms. The lowest BCUT2D eigenvalue weighted by Crippen LogP contribution is -2.54. The van der Waals surface area contributed by atoms with E-state index in [0.29, 0.717) is 17.8 Å². The monoisotopic (exact) mass is 344 g/mol. The van der Waals surface area contributed by atoms with Gasteiger partial charge in [0.1, 0.15) is 5.60 Å². The smallest absolute Gasteiger partial charge is 0.306 e. The average Bonchev–Trinajstić information content (AvgIpc) is 3.10. The summed E-state index contributed by atoms with van der Waals surface area (Å²) in [6.07, 6.45) is 12.9. The molecular formula is C22H32O3. The number of fused-ring (bicyclic) bond motifs is 6. The zero-order valence-corrected chi connectivity index (χ0v) is 15.7. The van der Waals surface area contributed by atoms with Gasteiger partial charge >= 0.3 is 5.97 Å². The first-order valence-corrected chi connectivity index (χ1v) is 10.5. The Morgan fingerprint density at radius 3 is 2.64 bits per heavy atom. The third-order valence-electron chi connectivity index (χ3n) is 9.41. The van der Waals surface area contributed by atoms with Gasteiger partial charge in [0.2, 0.25) is 0 Å². The summed E-state index contributed by atoms with van der Waals surface area (Å²) in [5.74, 6) is 2.22. The van der Waals surface area contributed by atoms with Gasteiger partial charge in [0, 0.05) is 11.8 Å². The lowest BCUT2D eigenvalue weighted by molar-refractivity contribution is -0.167. The van der Waals surface area contributed by atoms with E-state index in [1.807, 2.05) is 0 Å². The second-order valence-corrected chi connectivity index (χ2v) is 10.1. The molecule has 0 amide bonds. The van der Waals surface area contributed by atoms with Crippen molar-refractivity contribution >= 4 is 5.97 Å². The average molecular weight is 344 g/mol. The third kappa shape index (κ3) is 1.99. The zero-order valence-electron chi connectivity index (χ0n) is 15.7. The predicted molar refractivity (Wildman–Crippen MR) is 95.8 cm³/mol. The van der Waals surface area contributed by atoms with Crippen LogP contribution in [-0.2, 0) is 9.53 Å². The third-order valence-corrected chi connectivity index (χ3v) is 9.41.